The molecule has 2 aliphatic rings. The van der Waals surface area contributed by atoms with Crippen molar-refractivity contribution >= 4 is 6.09 Å². The molecule has 65 heavy (non-hydrogen) atoms. The van der Waals surface area contributed by atoms with E-state index in [-0.39, 0.29) is 33.6 Å². The van der Waals surface area contributed by atoms with E-state index in [0.717, 1.165) is 77.1 Å². The van der Waals surface area contributed by atoms with Gasteiger partial charge >= 0.3 is 30.8 Å². The molecule has 2 fully saturated rings. The number of carbonyl (C=O) groups is 1. The fraction of sp³-hybridized carbons (Fsp3) is 0.477. The SMILES string of the molecule is C.Cc1ccccc1-c1ccc(CN2CCN(C(=O)OC(C(F)(F)F)C(F)(F)F)CC2)c(C)n1.Cc1ccccc1-c1ccc(CN2CCNCC2)c(C)n1.OC(C(F)(F)F)C(F)(F)F. The summed E-state index contributed by atoms with van der Waals surface area (Å²) in [4.78, 5) is 26.7. The lowest BCUT2D eigenvalue weighted by atomic mass is 10.0. The van der Waals surface area contributed by atoms with E-state index in [2.05, 4.69) is 70.2 Å². The van der Waals surface area contributed by atoms with Crippen LogP contribution >= 0.6 is 0 Å². The number of nitrogens with one attached hydrogen (secondary N) is 1. The number of aryl methyl sites for hydroxylation is 4. The largest absolute Gasteiger partial charge is 0.434 e. The second-order valence-corrected chi connectivity index (χ2v) is 15.1. The van der Waals surface area contributed by atoms with Crippen molar-refractivity contribution in [2.75, 3.05) is 52.4 Å². The van der Waals surface area contributed by atoms with E-state index in [1.54, 1.807) is 0 Å². The highest BCUT2D eigenvalue weighted by Crippen LogP contribution is 2.36. The number of aliphatic hydroxyl groups excluding tert-OH is 1. The average Bonchev–Trinajstić information content (AvgIpc) is 3.21. The topological polar surface area (TPSA) is 94.1 Å². The molecular formula is C44H52F12N6O3. The van der Waals surface area contributed by atoms with Gasteiger partial charge in [0.15, 0.2) is 0 Å². The first-order valence-corrected chi connectivity index (χ1v) is 19.9. The van der Waals surface area contributed by atoms with Gasteiger partial charge in [0.1, 0.15) is 0 Å². The second-order valence-electron chi connectivity index (χ2n) is 15.1. The number of aliphatic hydroxyl groups is 1. The van der Waals surface area contributed by atoms with Crippen LogP contribution in [-0.2, 0) is 17.8 Å². The van der Waals surface area contributed by atoms with Gasteiger partial charge in [-0.15, -0.1) is 0 Å². The Morgan fingerprint density at radius 3 is 1.32 bits per heavy atom. The van der Waals surface area contributed by atoms with Gasteiger partial charge in [-0.1, -0.05) is 68.1 Å². The zero-order chi connectivity index (χ0) is 47.6. The van der Waals surface area contributed by atoms with Gasteiger partial charge in [0.25, 0.3) is 6.10 Å². The van der Waals surface area contributed by atoms with Crippen LogP contribution in [0, 0.1) is 27.7 Å². The highest BCUT2D eigenvalue weighted by atomic mass is 19.4. The van der Waals surface area contributed by atoms with E-state index < -0.39 is 43.0 Å². The van der Waals surface area contributed by atoms with Crippen LogP contribution < -0.4 is 5.32 Å². The van der Waals surface area contributed by atoms with Crippen LogP contribution in [0.2, 0.25) is 0 Å². The third-order valence-corrected chi connectivity index (χ3v) is 10.3. The number of piperazine rings is 2. The van der Waals surface area contributed by atoms with Crippen LogP contribution in [0.4, 0.5) is 57.5 Å². The molecule has 2 aliphatic heterocycles. The minimum Gasteiger partial charge on any atom is -0.426 e. The zero-order valence-corrected chi connectivity index (χ0v) is 35.2. The lowest BCUT2D eigenvalue weighted by Gasteiger charge is -2.35. The summed E-state index contributed by atoms with van der Waals surface area (Å²) in [6, 6.07) is 24.6. The van der Waals surface area contributed by atoms with Gasteiger partial charge in [-0.25, -0.2) is 4.79 Å². The molecule has 9 nitrogen and oxygen atoms in total. The first-order chi connectivity index (χ1) is 29.8. The maximum Gasteiger partial charge on any atom is 0.434 e. The molecule has 0 radical (unpaired) electrons. The summed E-state index contributed by atoms with van der Waals surface area (Å²) in [6.07, 6.45) is -32.7. The number of benzene rings is 2. The Hall–Kier alpha value is -4.99. The first-order valence-electron chi connectivity index (χ1n) is 19.9. The quantitative estimate of drug-likeness (QED) is 0.177. The second kappa shape index (κ2) is 23.0. The van der Waals surface area contributed by atoms with Crippen LogP contribution in [0.3, 0.4) is 0 Å². The summed E-state index contributed by atoms with van der Waals surface area (Å²) < 4.78 is 145. The maximum atomic E-state index is 12.6. The Bertz CT molecular complexity index is 2100. The number of rotatable bonds is 7. The molecule has 0 atom stereocenters. The summed E-state index contributed by atoms with van der Waals surface area (Å²) in [5, 5.41) is 10.9. The fourth-order valence-electron chi connectivity index (χ4n) is 6.65. The summed E-state index contributed by atoms with van der Waals surface area (Å²) in [6.45, 7) is 14.5. The van der Waals surface area contributed by atoms with Gasteiger partial charge in [-0.05, 0) is 62.1 Å². The number of nitrogens with zero attached hydrogens (tertiary/aromatic N) is 5. The van der Waals surface area contributed by atoms with Crippen LogP contribution in [0.1, 0.15) is 41.1 Å². The molecule has 2 N–H and O–H groups in total. The Balaban J connectivity index is 0.000000298. The van der Waals surface area contributed by atoms with Crippen molar-refractivity contribution < 1.29 is 67.3 Å². The van der Waals surface area contributed by atoms with E-state index in [4.69, 9.17) is 10.1 Å². The summed E-state index contributed by atoms with van der Waals surface area (Å²) >= 11 is 0. The molecule has 2 aromatic heterocycles. The van der Waals surface area contributed by atoms with Gasteiger partial charge in [0.05, 0.1) is 11.4 Å². The third kappa shape index (κ3) is 16.1. The van der Waals surface area contributed by atoms with E-state index in [9.17, 15) is 57.5 Å². The molecule has 4 heterocycles. The molecule has 360 valence electrons. The van der Waals surface area contributed by atoms with E-state index in [0.29, 0.717) is 6.54 Å². The van der Waals surface area contributed by atoms with Crippen LogP contribution in [-0.4, -0.2) is 125 Å². The highest BCUT2D eigenvalue weighted by molar-refractivity contribution is 5.68. The van der Waals surface area contributed by atoms with Crippen molar-refractivity contribution in [2.24, 2.45) is 0 Å². The molecule has 0 aliphatic carbocycles. The molecule has 0 saturated carbocycles. The summed E-state index contributed by atoms with van der Waals surface area (Å²) in [5.41, 5.74) is 10.8. The lowest BCUT2D eigenvalue weighted by molar-refractivity contribution is -0.309. The number of carbonyl (C=O) groups excluding carboxylic acids is 1. The summed E-state index contributed by atoms with van der Waals surface area (Å²) in [5.74, 6) is 0. The predicted octanol–water partition coefficient (Wildman–Crippen LogP) is 9.99. The fourth-order valence-corrected chi connectivity index (χ4v) is 6.65. The van der Waals surface area contributed by atoms with E-state index in [1.165, 1.54) is 16.7 Å². The van der Waals surface area contributed by atoms with Gasteiger partial charge < -0.3 is 20.1 Å². The highest BCUT2D eigenvalue weighted by Gasteiger charge is 2.60. The van der Waals surface area contributed by atoms with Crippen molar-refractivity contribution in [1.82, 2.24) is 30.0 Å². The first kappa shape index (κ1) is 54.3. The van der Waals surface area contributed by atoms with Crippen molar-refractivity contribution in [2.45, 2.75) is 85.1 Å². The zero-order valence-electron chi connectivity index (χ0n) is 35.2. The molecule has 0 unspecified atom stereocenters. The Kier molecular flexibility index (Phi) is 19.2. The molecule has 2 saturated heterocycles. The lowest BCUT2D eigenvalue weighted by Crippen LogP contribution is -2.52. The average molecular weight is 941 g/mol. The Morgan fingerprint density at radius 2 is 0.985 bits per heavy atom. The van der Waals surface area contributed by atoms with Crippen molar-refractivity contribution in [3.05, 3.63) is 106 Å². The van der Waals surface area contributed by atoms with Crippen LogP contribution in [0.5, 0.6) is 0 Å². The number of hydrogen-bond acceptors (Lipinski definition) is 8. The number of ether oxygens (including phenoxy) is 1. The number of hydrogen-bond donors (Lipinski definition) is 2. The van der Waals surface area contributed by atoms with Crippen LogP contribution in [0.25, 0.3) is 22.5 Å². The predicted molar refractivity (Wildman–Crippen MR) is 221 cm³/mol. The van der Waals surface area contributed by atoms with Crippen molar-refractivity contribution in [3.8, 4) is 22.5 Å². The van der Waals surface area contributed by atoms with Gasteiger partial charge in [0.2, 0.25) is 6.10 Å². The maximum absolute atomic E-state index is 12.6. The molecular weight excluding hydrogens is 888 g/mol. The Labute approximate surface area is 369 Å². The molecule has 6 rings (SSSR count). The molecule has 2 aromatic carbocycles. The number of halogens is 12. The van der Waals surface area contributed by atoms with E-state index >= 15 is 0 Å². The monoisotopic (exact) mass is 940 g/mol. The number of alkyl halides is 12. The third-order valence-electron chi connectivity index (χ3n) is 10.3. The van der Waals surface area contributed by atoms with Crippen molar-refractivity contribution in [3.63, 3.8) is 0 Å². The van der Waals surface area contributed by atoms with Crippen molar-refractivity contribution in [1.29, 1.82) is 0 Å². The van der Waals surface area contributed by atoms with Gasteiger partial charge in [-0.2, -0.15) is 52.7 Å². The van der Waals surface area contributed by atoms with Gasteiger partial charge in [0, 0.05) is 88.0 Å². The van der Waals surface area contributed by atoms with E-state index in [1.807, 2.05) is 55.1 Å². The number of pyridine rings is 2. The van der Waals surface area contributed by atoms with Crippen LogP contribution in [0.15, 0.2) is 72.8 Å². The smallest absolute Gasteiger partial charge is 0.426 e. The minimum atomic E-state index is -5.73. The molecule has 1 amide bonds. The summed E-state index contributed by atoms with van der Waals surface area (Å²) in [7, 11) is 0. The molecule has 21 heteroatoms. The molecule has 4 aromatic rings. The molecule has 0 bridgehead atoms. The standard InChI is InChI=1S/C22H23F6N3O2.C18H23N3.C3H2F6O.CH4/c1-14-5-3-4-6-17(14)18-8-7-16(15(2)29-18)13-30-9-11-31(12-10-30)20(32)33-19(21(23,24)25)22(26,27)28;1-14-5-3-4-6-17(14)18-8-7-16(15(2)20-18)13-21-11-9-19-10-12-21;4-2(5,6)1(10)3(7,8)9;/h3-8,19H,9-13H2,1-2H3;3-8,19H,9-13H2,1-2H3;1,10H;1H4. The van der Waals surface area contributed by atoms with Gasteiger partial charge in [-0.3, -0.25) is 19.8 Å². The Morgan fingerprint density at radius 1 is 0.600 bits per heavy atom. The minimum absolute atomic E-state index is 0. The normalized spacial score (nSPS) is 15.4. The molecule has 0 spiro atoms. The number of aromatic nitrogens is 2. The number of amides is 1.